The fourth-order valence-corrected chi connectivity index (χ4v) is 3.54. The van der Waals surface area contributed by atoms with E-state index >= 15 is 0 Å². The number of amides is 3. The van der Waals surface area contributed by atoms with Gasteiger partial charge in [-0.3, -0.25) is 4.79 Å². The zero-order chi connectivity index (χ0) is 20.1. The van der Waals surface area contributed by atoms with Gasteiger partial charge in [0, 0.05) is 18.7 Å². The Hall–Kier alpha value is -3.22. The molecule has 0 aliphatic carbocycles. The van der Waals surface area contributed by atoms with Crippen molar-refractivity contribution in [2.24, 2.45) is 5.73 Å². The van der Waals surface area contributed by atoms with Gasteiger partial charge >= 0.3 is 6.03 Å². The van der Waals surface area contributed by atoms with Crippen LogP contribution in [0.4, 0.5) is 4.79 Å². The lowest BCUT2D eigenvalue weighted by molar-refractivity contribution is 0.0735. The van der Waals surface area contributed by atoms with E-state index in [0.717, 1.165) is 24.0 Å². The molecule has 0 radical (unpaired) electrons. The summed E-state index contributed by atoms with van der Waals surface area (Å²) in [5.41, 5.74) is 7.62. The Labute approximate surface area is 164 Å². The lowest BCUT2D eigenvalue weighted by Gasteiger charge is -2.26. The van der Waals surface area contributed by atoms with Crippen molar-refractivity contribution >= 4 is 11.9 Å². The Balaban J connectivity index is 1.77. The van der Waals surface area contributed by atoms with Crippen LogP contribution in [0, 0.1) is 0 Å². The third-order valence-electron chi connectivity index (χ3n) is 4.97. The molecule has 3 amide bonds. The maximum atomic E-state index is 13.1. The number of nitrogens with zero attached hydrogens (tertiary/aromatic N) is 1. The monoisotopic (exact) mass is 383 g/mol. The number of urea groups is 1. The molecule has 0 spiro atoms. The first-order valence-electron chi connectivity index (χ1n) is 9.18. The fraction of sp³-hybridized carbons (Fsp3) is 0.333. The minimum atomic E-state index is -0.574. The van der Waals surface area contributed by atoms with E-state index < -0.39 is 6.03 Å². The van der Waals surface area contributed by atoms with Crippen LogP contribution in [0.2, 0.25) is 0 Å². The van der Waals surface area contributed by atoms with E-state index in [1.807, 2.05) is 35.2 Å². The molecule has 7 nitrogen and oxygen atoms in total. The van der Waals surface area contributed by atoms with Gasteiger partial charge in [0.05, 0.1) is 20.3 Å². The van der Waals surface area contributed by atoms with E-state index in [-0.39, 0.29) is 11.9 Å². The molecule has 7 heteroatoms. The molecule has 0 bridgehead atoms. The molecule has 148 valence electrons. The van der Waals surface area contributed by atoms with Crippen LogP contribution in [0.1, 0.15) is 40.4 Å². The first-order chi connectivity index (χ1) is 13.5. The second kappa shape index (κ2) is 8.65. The molecular weight excluding hydrogens is 358 g/mol. The highest BCUT2D eigenvalue weighted by Crippen LogP contribution is 2.37. The van der Waals surface area contributed by atoms with Gasteiger partial charge in [-0.25, -0.2) is 4.79 Å². The van der Waals surface area contributed by atoms with Gasteiger partial charge in [-0.15, -0.1) is 0 Å². The third-order valence-corrected chi connectivity index (χ3v) is 4.97. The second-order valence-electron chi connectivity index (χ2n) is 6.69. The Morgan fingerprint density at radius 2 is 1.82 bits per heavy atom. The number of nitrogens with one attached hydrogen (secondary N) is 1. The van der Waals surface area contributed by atoms with Crippen LogP contribution >= 0.6 is 0 Å². The van der Waals surface area contributed by atoms with Crippen molar-refractivity contribution in [3.8, 4) is 11.5 Å². The predicted molar refractivity (Wildman–Crippen MR) is 105 cm³/mol. The van der Waals surface area contributed by atoms with Crippen molar-refractivity contribution < 1.29 is 19.1 Å². The minimum Gasteiger partial charge on any atom is -0.493 e. The molecule has 0 unspecified atom stereocenters. The summed E-state index contributed by atoms with van der Waals surface area (Å²) >= 11 is 0. The van der Waals surface area contributed by atoms with Crippen LogP contribution < -0.4 is 20.5 Å². The van der Waals surface area contributed by atoms with E-state index in [1.54, 1.807) is 26.4 Å². The molecular formula is C21H25N3O4. The van der Waals surface area contributed by atoms with Gasteiger partial charge in [0.15, 0.2) is 11.5 Å². The van der Waals surface area contributed by atoms with E-state index in [2.05, 4.69) is 5.32 Å². The van der Waals surface area contributed by atoms with E-state index in [9.17, 15) is 9.59 Å². The zero-order valence-corrected chi connectivity index (χ0v) is 16.1. The Bertz CT molecular complexity index is 851. The number of hydrogen-bond donors (Lipinski definition) is 2. The highest BCUT2D eigenvalue weighted by molar-refractivity contribution is 5.94. The molecule has 1 saturated heterocycles. The first kappa shape index (κ1) is 19.5. The molecule has 2 aromatic carbocycles. The summed E-state index contributed by atoms with van der Waals surface area (Å²) in [4.78, 5) is 25.8. The summed E-state index contributed by atoms with van der Waals surface area (Å²) < 4.78 is 10.7. The first-order valence-corrected chi connectivity index (χ1v) is 9.18. The Morgan fingerprint density at radius 3 is 2.46 bits per heavy atom. The number of primary amides is 1. The molecule has 1 heterocycles. The quantitative estimate of drug-likeness (QED) is 0.802. The number of nitrogens with two attached hydrogens (primary N) is 1. The third kappa shape index (κ3) is 4.19. The molecule has 3 N–H and O–H groups in total. The van der Waals surface area contributed by atoms with Crippen molar-refractivity contribution in [3.05, 3.63) is 59.2 Å². The second-order valence-corrected chi connectivity index (χ2v) is 6.69. The maximum Gasteiger partial charge on any atom is 0.312 e. The molecule has 1 aliphatic heterocycles. The molecule has 1 fully saturated rings. The normalized spacial score (nSPS) is 15.9. The standard InChI is InChI=1S/C21H25N3O4/c1-27-18-10-9-16(12-19(18)28-2)17-4-3-11-24(17)20(25)15-7-5-14(6-8-15)13-23-21(22)26/h5-10,12,17H,3-4,11,13H2,1-2H3,(H3,22,23,26)/t17-/m1/s1. The summed E-state index contributed by atoms with van der Waals surface area (Å²) in [6.45, 7) is 1.05. The van der Waals surface area contributed by atoms with Crippen LogP contribution in [0.15, 0.2) is 42.5 Å². The maximum absolute atomic E-state index is 13.1. The topological polar surface area (TPSA) is 93.9 Å². The van der Waals surface area contributed by atoms with Gasteiger partial charge in [0.2, 0.25) is 0 Å². The van der Waals surface area contributed by atoms with E-state index in [0.29, 0.717) is 30.2 Å². The molecule has 0 saturated carbocycles. The lowest BCUT2D eigenvalue weighted by atomic mass is 10.0. The molecule has 1 aliphatic rings. The molecule has 28 heavy (non-hydrogen) atoms. The smallest absolute Gasteiger partial charge is 0.312 e. The van der Waals surface area contributed by atoms with Crippen molar-refractivity contribution in [1.82, 2.24) is 10.2 Å². The van der Waals surface area contributed by atoms with Gasteiger partial charge in [-0.05, 0) is 48.2 Å². The van der Waals surface area contributed by atoms with Crippen LogP contribution in [0.3, 0.4) is 0 Å². The Kier molecular flexibility index (Phi) is 6.03. The van der Waals surface area contributed by atoms with Gasteiger partial charge in [0.25, 0.3) is 5.91 Å². The van der Waals surface area contributed by atoms with Crippen molar-refractivity contribution in [2.45, 2.75) is 25.4 Å². The van der Waals surface area contributed by atoms with E-state index in [4.69, 9.17) is 15.2 Å². The number of benzene rings is 2. The Morgan fingerprint density at radius 1 is 1.11 bits per heavy atom. The number of rotatable bonds is 6. The molecule has 3 rings (SSSR count). The van der Waals surface area contributed by atoms with Crippen molar-refractivity contribution in [3.63, 3.8) is 0 Å². The van der Waals surface area contributed by atoms with Gasteiger partial charge in [-0.2, -0.15) is 0 Å². The number of hydrogen-bond acceptors (Lipinski definition) is 4. The highest BCUT2D eigenvalue weighted by Gasteiger charge is 2.31. The van der Waals surface area contributed by atoms with Gasteiger partial charge in [0.1, 0.15) is 0 Å². The fourth-order valence-electron chi connectivity index (χ4n) is 3.54. The molecule has 2 aromatic rings. The number of carbonyl (C=O) groups is 2. The summed E-state index contributed by atoms with van der Waals surface area (Å²) in [6, 6.07) is 12.4. The average molecular weight is 383 g/mol. The lowest BCUT2D eigenvalue weighted by Crippen LogP contribution is -2.30. The van der Waals surface area contributed by atoms with Crippen LogP contribution in [0.5, 0.6) is 11.5 Å². The molecule has 0 aromatic heterocycles. The number of ether oxygens (including phenoxy) is 2. The summed E-state index contributed by atoms with van der Waals surface area (Å²) in [5, 5.41) is 2.54. The number of carbonyl (C=O) groups excluding carboxylic acids is 2. The average Bonchev–Trinajstić information content (AvgIpc) is 3.21. The largest absolute Gasteiger partial charge is 0.493 e. The minimum absolute atomic E-state index is 0.00325. The predicted octanol–water partition coefficient (Wildman–Crippen LogP) is 2.85. The zero-order valence-electron chi connectivity index (χ0n) is 16.1. The highest BCUT2D eigenvalue weighted by atomic mass is 16.5. The van der Waals surface area contributed by atoms with Crippen LogP contribution in [-0.2, 0) is 6.54 Å². The van der Waals surface area contributed by atoms with E-state index in [1.165, 1.54) is 0 Å². The summed E-state index contributed by atoms with van der Waals surface area (Å²) in [6.07, 6.45) is 1.85. The van der Waals surface area contributed by atoms with Crippen LogP contribution in [-0.4, -0.2) is 37.6 Å². The van der Waals surface area contributed by atoms with Crippen LogP contribution in [0.25, 0.3) is 0 Å². The molecule has 1 atom stereocenters. The van der Waals surface area contributed by atoms with Gasteiger partial charge in [-0.1, -0.05) is 18.2 Å². The van der Waals surface area contributed by atoms with Crippen molar-refractivity contribution in [1.29, 1.82) is 0 Å². The SMILES string of the molecule is COc1ccc([C@H]2CCCN2C(=O)c2ccc(CNC(N)=O)cc2)cc1OC. The summed E-state index contributed by atoms with van der Waals surface area (Å²) in [5.74, 6) is 1.32. The van der Waals surface area contributed by atoms with Gasteiger partial charge < -0.3 is 25.4 Å². The number of likely N-dealkylation sites (tertiary alicyclic amines) is 1. The number of methoxy groups -OCH3 is 2. The summed E-state index contributed by atoms with van der Waals surface area (Å²) in [7, 11) is 3.21. The van der Waals surface area contributed by atoms with Crippen molar-refractivity contribution in [2.75, 3.05) is 20.8 Å².